The number of para-hydroxylation sites is 3. The van der Waals surface area contributed by atoms with Gasteiger partial charge >= 0.3 is 0 Å². The highest BCUT2D eigenvalue weighted by Crippen LogP contribution is 2.51. The molecule has 5 heteroatoms. The molecule has 1 heterocycles. The fourth-order valence-electron chi connectivity index (χ4n) is 8.39. The molecule has 0 amide bonds. The second-order valence-electron chi connectivity index (χ2n) is 16.5. The summed E-state index contributed by atoms with van der Waals surface area (Å²) in [6.45, 7) is 18.3. The molecule has 1 aliphatic carbocycles. The van der Waals surface area contributed by atoms with Gasteiger partial charge in [-0.05, 0) is 73.7 Å². The lowest BCUT2D eigenvalue weighted by Gasteiger charge is -2.30. The van der Waals surface area contributed by atoms with E-state index in [1.54, 1.807) is 11.3 Å². The maximum Gasteiger partial charge on any atom is 0.208 e. The SMILES string of the molecule is CCN(c1ccccc1)c1sc(C(c2ccc(N(CC(C)C)c3ccccc3C)cc2)C2C=CC(=[N+](CC(C)C)c3ccccc3C)C=C2)c(-c2ccccc2)c1C#N. The molecular formula is C54H57N4S+. The van der Waals surface area contributed by atoms with Gasteiger partial charge in [-0.15, -0.1) is 11.3 Å². The smallest absolute Gasteiger partial charge is 0.208 e. The normalized spacial score (nSPS) is 14.1. The summed E-state index contributed by atoms with van der Waals surface area (Å²) in [6, 6.07) is 50.4. The molecule has 0 bridgehead atoms. The second kappa shape index (κ2) is 18.7. The van der Waals surface area contributed by atoms with Gasteiger partial charge in [0.1, 0.15) is 11.1 Å². The highest BCUT2D eigenvalue weighted by atomic mass is 32.1. The molecule has 298 valence electrons. The van der Waals surface area contributed by atoms with E-state index in [0.717, 1.165) is 47.0 Å². The van der Waals surface area contributed by atoms with Crippen LogP contribution in [0.5, 0.6) is 0 Å². The van der Waals surface area contributed by atoms with Crippen LogP contribution in [0.15, 0.2) is 158 Å². The first-order valence-electron chi connectivity index (χ1n) is 21.1. The van der Waals surface area contributed by atoms with Gasteiger partial charge in [0.15, 0.2) is 6.54 Å². The van der Waals surface area contributed by atoms with E-state index in [2.05, 4.69) is 221 Å². The molecule has 7 rings (SSSR count). The van der Waals surface area contributed by atoms with Gasteiger partial charge in [-0.1, -0.05) is 137 Å². The Bertz CT molecular complexity index is 2470. The Balaban J connectivity index is 1.42. The molecule has 1 atom stereocenters. The lowest BCUT2D eigenvalue weighted by atomic mass is 9.80. The zero-order chi connectivity index (χ0) is 41.5. The van der Waals surface area contributed by atoms with Crippen LogP contribution in [0.1, 0.15) is 67.7 Å². The van der Waals surface area contributed by atoms with Crippen LogP contribution < -0.4 is 9.80 Å². The highest BCUT2D eigenvalue weighted by molar-refractivity contribution is 7.17. The quantitative estimate of drug-likeness (QED) is 0.103. The Labute approximate surface area is 356 Å². The van der Waals surface area contributed by atoms with Crippen LogP contribution in [0.4, 0.5) is 27.8 Å². The van der Waals surface area contributed by atoms with Crippen LogP contribution in [0.2, 0.25) is 0 Å². The van der Waals surface area contributed by atoms with Crippen molar-refractivity contribution in [2.45, 2.75) is 54.4 Å². The molecule has 0 spiro atoms. The van der Waals surface area contributed by atoms with E-state index in [4.69, 9.17) is 0 Å². The molecule has 6 aromatic rings. The van der Waals surface area contributed by atoms with Gasteiger partial charge in [0.05, 0.1) is 5.56 Å². The Morgan fingerprint density at radius 1 is 0.678 bits per heavy atom. The summed E-state index contributed by atoms with van der Waals surface area (Å²) in [5, 5.41) is 12.1. The summed E-state index contributed by atoms with van der Waals surface area (Å²) >= 11 is 1.77. The third-order valence-electron chi connectivity index (χ3n) is 11.1. The molecule has 1 aromatic heterocycles. The van der Waals surface area contributed by atoms with Gasteiger partial charge < -0.3 is 9.80 Å². The zero-order valence-electron chi connectivity index (χ0n) is 35.6. The van der Waals surface area contributed by atoms with Gasteiger partial charge in [-0.3, -0.25) is 0 Å². The number of nitriles is 1. The summed E-state index contributed by atoms with van der Waals surface area (Å²) in [4.78, 5) is 5.96. The van der Waals surface area contributed by atoms with Gasteiger partial charge in [0.25, 0.3) is 0 Å². The lowest BCUT2D eigenvalue weighted by Crippen LogP contribution is -2.23. The van der Waals surface area contributed by atoms with Crippen molar-refractivity contribution in [1.29, 1.82) is 5.26 Å². The molecule has 4 nitrogen and oxygen atoms in total. The molecule has 0 N–H and O–H groups in total. The predicted octanol–water partition coefficient (Wildman–Crippen LogP) is 14.2. The van der Waals surface area contributed by atoms with Crippen LogP contribution in [0.25, 0.3) is 11.1 Å². The third-order valence-corrected chi connectivity index (χ3v) is 12.4. The van der Waals surface area contributed by atoms with E-state index in [1.165, 1.54) is 44.3 Å². The van der Waals surface area contributed by atoms with Crippen LogP contribution in [0, 0.1) is 42.9 Å². The molecular weight excluding hydrogens is 737 g/mol. The average Bonchev–Trinajstić information content (AvgIpc) is 3.62. The van der Waals surface area contributed by atoms with Crippen LogP contribution in [-0.4, -0.2) is 29.9 Å². The largest absolute Gasteiger partial charge is 0.341 e. The number of hydrogen-bond acceptors (Lipinski definition) is 4. The number of rotatable bonds is 14. The third kappa shape index (κ3) is 9.04. The first kappa shape index (κ1) is 41.2. The monoisotopic (exact) mass is 793 g/mol. The summed E-state index contributed by atoms with van der Waals surface area (Å²) < 4.78 is 2.47. The van der Waals surface area contributed by atoms with Crippen molar-refractivity contribution in [2.24, 2.45) is 17.8 Å². The van der Waals surface area contributed by atoms with Gasteiger partial charge in [-0.25, -0.2) is 0 Å². The number of allylic oxidation sites excluding steroid dienone is 4. The van der Waals surface area contributed by atoms with E-state index in [0.29, 0.717) is 11.8 Å². The fraction of sp³-hybridized carbons (Fsp3) is 0.259. The number of benzene rings is 5. The first-order chi connectivity index (χ1) is 28.7. The maximum atomic E-state index is 11.1. The Morgan fingerprint density at radius 3 is 1.86 bits per heavy atom. The topological polar surface area (TPSA) is 33.3 Å². The summed E-state index contributed by atoms with van der Waals surface area (Å²) in [7, 11) is 0. The summed E-state index contributed by atoms with van der Waals surface area (Å²) in [6.07, 6.45) is 9.45. The van der Waals surface area contributed by atoms with E-state index in [-0.39, 0.29) is 11.8 Å². The van der Waals surface area contributed by atoms with Crippen LogP contribution in [0.3, 0.4) is 0 Å². The van der Waals surface area contributed by atoms with Crippen molar-refractivity contribution in [3.05, 3.63) is 185 Å². The lowest BCUT2D eigenvalue weighted by molar-refractivity contribution is -0.447. The van der Waals surface area contributed by atoms with E-state index < -0.39 is 0 Å². The molecule has 0 fully saturated rings. The predicted molar refractivity (Wildman–Crippen MR) is 252 cm³/mol. The van der Waals surface area contributed by atoms with Crippen molar-refractivity contribution in [3.8, 4) is 17.2 Å². The fourth-order valence-corrected chi connectivity index (χ4v) is 9.94. The number of anilines is 4. The molecule has 1 aliphatic rings. The molecule has 59 heavy (non-hydrogen) atoms. The maximum absolute atomic E-state index is 11.1. The first-order valence-corrected chi connectivity index (χ1v) is 21.9. The Morgan fingerprint density at radius 2 is 1.27 bits per heavy atom. The number of nitrogens with zero attached hydrogens (tertiary/aromatic N) is 4. The number of aryl methyl sites for hydroxylation is 2. The Hall–Kier alpha value is -5.96. The van der Waals surface area contributed by atoms with Crippen LogP contribution in [-0.2, 0) is 0 Å². The van der Waals surface area contributed by atoms with Crippen molar-refractivity contribution >= 4 is 44.8 Å². The minimum atomic E-state index is -0.0531. The highest BCUT2D eigenvalue weighted by Gasteiger charge is 2.33. The molecule has 0 saturated heterocycles. The zero-order valence-corrected chi connectivity index (χ0v) is 36.5. The summed E-state index contributed by atoms with van der Waals surface area (Å²) in [5.41, 5.74) is 12.5. The van der Waals surface area contributed by atoms with E-state index in [9.17, 15) is 5.26 Å². The van der Waals surface area contributed by atoms with Gasteiger partial charge in [0, 0.05) is 82.1 Å². The second-order valence-corrected chi connectivity index (χ2v) is 17.5. The van der Waals surface area contributed by atoms with Gasteiger partial charge in [0.2, 0.25) is 11.4 Å². The van der Waals surface area contributed by atoms with Crippen molar-refractivity contribution in [3.63, 3.8) is 0 Å². The molecule has 1 unspecified atom stereocenters. The van der Waals surface area contributed by atoms with E-state index >= 15 is 0 Å². The number of hydrogen-bond donors (Lipinski definition) is 0. The Kier molecular flexibility index (Phi) is 13.1. The van der Waals surface area contributed by atoms with Crippen molar-refractivity contribution in [2.75, 3.05) is 29.4 Å². The minimum absolute atomic E-state index is 0.0396. The standard InChI is InChI=1S/C54H57N4S/c1-8-56(45-23-13-10-14-24-45)54-48(35-55)52(42-21-11-9-12-22-42)53(59-54)51(43-27-31-46(32-28-43)57(36-38(2)3)49-25-17-15-19-40(49)6)44-29-33-47(34-30-44)58(37-39(4)5)50-26-18-16-20-41(50)7/h9-34,38-39,43,51H,8,36-37H2,1-7H3/q+1. The van der Waals surface area contributed by atoms with Crippen molar-refractivity contribution in [1.82, 2.24) is 0 Å². The number of thiophene rings is 1. The molecule has 5 aromatic carbocycles. The molecule has 0 radical (unpaired) electrons. The van der Waals surface area contributed by atoms with Crippen LogP contribution >= 0.6 is 11.3 Å². The average molecular weight is 794 g/mol. The molecule has 0 aliphatic heterocycles. The van der Waals surface area contributed by atoms with E-state index in [1.807, 2.05) is 6.07 Å². The van der Waals surface area contributed by atoms with Crippen molar-refractivity contribution < 1.29 is 4.58 Å². The van der Waals surface area contributed by atoms with Gasteiger partial charge in [-0.2, -0.15) is 9.84 Å². The molecule has 0 saturated carbocycles. The minimum Gasteiger partial charge on any atom is -0.341 e. The summed E-state index contributed by atoms with van der Waals surface area (Å²) in [5.74, 6) is 0.949.